The zero-order chi connectivity index (χ0) is 19.5. The lowest BCUT2D eigenvalue weighted by atomic mass is 10.1. The predicted octanol–water partition coefficient (Wildman–Crippen LogP) is 2.81. The second-order valence-corrected chi connectivity index (χ2v) is 12.4. The van der Waals surface area contributed by atoms with Gasteiger partial charge in [-0.15, -0.1) is 0 Å². The smallest absolute Gasteiger partial charge is 0.261 e. The first kappa shape index (κ1) is 19.8. The molecule has 0 bridgehead atoms. The second-order valence-electron chi connectivity index (χ2n) is 8.13. The van der Waals surface area contributed by atoms with Crippen molar-refractivity contribution < 1.29 is 14.0 Å². The Labute approximate surface area is 163 Å². The van der Waals surface area contributed by atoms with Crippen LogP contribution in [0.1, 0.15) is 33.6 Å². The van der Waals surface area contributed by atoms with E-state index in [0.717, 1.165) is 0 Å². The monoisotopic (exact) mass is 383 g/mol. The van der Waals surface area contributed by atoms with Crippen molar-refractivity contribution in [2.24, 2.45) is 0 Å². The summed E-state index contributed by atoms with van der Waals surface area (Å²) in [5, 5.41) is 5.22. The van der Waals surface area contributed by atoms with Gasteiger partial charge in [0.1, 0.15) is 6.23 Å². The normalized spacial score (nSPS) is 21.0. The zero-order valence-electron chi connectivity index (χ0n) is 16.6. The van der Waals surface area contributed by atoms with Crippen molar-refractivity contribution in [1.29, 1.82) is 0 Å². The van der Waals surface area contributed by atoms with Crippen molar-refractivity contribution in [3.63, 3.8) is 0 Å². The number of carbonyl (C=O) groups excluding carboxylic acids is 1. The van der Waals surface area contributed by atoms with Gasteiger partial charge >= 0.3 is 0 Å². The molecule has 4 nitrogen and oxygen atoms in total. The van der Waals surface area contributed by atoms with Gasteiger partial charge in [0, 0.05) is 13.5 Å². The molecular weight excluding hydrogens is 354 g/mol. The molecule has 2 aromatic carbocycles. The largest absolute Gasteiger partial charge is 0.404 e. The van der Waals surface area contributed by atoms with Crippen LogP contribution >= 0.6 is 0 Å². The molecule has 5 heteroatoms. The number of nitrogens with one attached hydrogen (secondary N) is 1. The second kappa shape index (κ2) is 7.96. The van der Waals surface area contributed by atoms with E-state index in [-0.39, 0.29) is 23.3 Å². The summed E-state index contributed by atoms with van der Waals surface area (Å²) >= 11 is 0. The number of piperidine rings is 1. The Morgan fingerprint density at radius 3 is 1.93 bits per heavy atom. The van der Waals surface area contributed by atoms with E-state index in [1.54, 1.807) is 7.11 Å². The summed E-state index contributed by atoms with van der Waals surface area (Å²) < 4.78 is 12.4. The third kappa shape index (κ3) is 4.00. The van der Waals surface area contributed by atoms with Gasteiger partial charge in [0.15, 0.2) is 0 Å². The number of amides is 1. The fourth-order valence-electron chi connectivity index (χ4n) is 4.01. The molecule has 1 aliphatic rings. The van der Waals surface area contributed by atoms with Gasteiger partial charge in [-0.2, -0.15) is 0 Å². The minimum Gasteiger partial charge on any atom is -0.404 e. The molecule has 1 amide bonds. The van der Waals surface area contributed by atoms with Gasteiger partial charge in [0.05, 0.1) is 12.5 Å². The highest BCUT2D eigenvalue weighted by molar-refractivity contribution is 6.99. The van der Waals surface area contributed by atoms with Crippen molar-refractivity contribution in [3.8, 4) is 0 Å². The van der Waals surface area contributed by atoms with Crippen molar-refractivity contribution in [2.45, 2.75) is 51.0 Å². The van der Waals surface area contributed by atoms with Crippen LogP contribution in [0.5, 0.6) is 0 Å². The Bertz CT molecular complexity index is 719. The number of methoxy groups -OCH3 is 1. The first-order valence-corrected chi connectivity index (χ1v) is 11.4. The minimum absolute atomic E-state index is 0.0176. The van der Waals surface area contributed by atoms with Crippen LogP contribution in [0, 0.1) is 0 Å². The summed E-state index contributed by atoms with van der Waals surface area (Å²) in [6, 6.07) is 21.0. The van der Waals surface area contributed by atoms with E-state index < -0.39 is 8.32 Å². The minimum atomic E-state index is -2.64. The Morgan fingerprint density at radius 1 is 0.963 bits per heavy atom. The van der Waals surface area contributed by atoms with E-state index in [4.69, 9.17) is 9.16 Å². The number of carbonyl (C=O) groups is 1. The SMILES string of the molecule is CO[C@H]1C[C@H](O[Si](c2ccccc2)(c2ccccc2)C(C)(C)C)CC(=O)N1. The summed E-state index contributed by atoms with van der Waals surface area (Å²) in [6.45, 7) is 6.74. The number of hydrogen-bond acceptors (Lipinski definition) is 3. The summed E-state index contributed by atoms with van der Waals surface area (Å²) in [4.78, 5) is 12.2. The van der Waals surface area contributed by atoms with Crippen LogP contribution < -0.4 is 15.7 Å². The van der Waals surface area contributed by atoms with Gasteiger partial charge in [0.2, 0.25) is 5.91 Å². The van der Waals surface area contributed by atoms with Crippen LogP contribution in [-0.4, -0.2) is 33.7 Å². The quantitative estimate of drug-likeness (QED) is 0.808. The van der Waals surface area contributed by atoms with Crippen molar-refractivity contribution in [1.82, 2.24) is 5.32 Å². The highest BCUT2D eigenvalue weighted by Gasteiger charge is 2.52. The molecule has 0 aliphatic carbocycles. The van der Waals surface area contributed by atoms with Gasteiger partial charge in [-0.05, 0) is 15.4 Å². The van der Waals surface area contributed by atoms with E-state index in [1.807, 2.05) is 12.1 Å². The zero-order valence-corrected chi connectivity index (χ0v) is 17.6. The van der Waals surface area contributed by atoms with Gasteiger partial charge < -0.3 is 14.5 Å². The molecule has 3 rings (SSSR count). The predicted molar refractivity (Wildman–Crippen MR) is 111 cm³/mol. The van der Waals surface area contributed by atoms with Gasteiger partial charge in [-0.3, -0.25) is 4.79 Å². The van der Waals surface area contributed by atoms with Crippen LogP contribution in [0.2, 0.25) is 5.04 Å². The van der Waals surface area contributed by atoms with E-state index >= 15 is 0 Å². The van der Waals surface area contributed by atoms with Crippen LogP contribution in [0.3, 0.4) is 0 Å². The van der Waals surface area contributed by atoms with Crippen LogP contribution in [0.4, 0.5) is 0 Å². The van der Waals surface area contributed by atoms with Crippen molar-refractivity contribution in [3.05, 3.63) is 60.7 Å². The average molecular weight is 384 g/mol. The molecule has 1 aliphatic heterocycles. The maximum Gasteiger partial charge on any atom is 0.261 e. The van der Waals surface area contributed by atoms with Crippen LogP contribution in [-0.2, 0) is 14.0 Å². The number of ether oxygens (including phenoxy) is 1. The molecular formula is C22H29NO3Si. The van der Waals surface area contributed by atoms with Gasteiger partial charge in [-0.1, -0.05) is 81.4 Å². The number of rotatable bonds is 5. The first-order valence-electron chi connectivity index (χ1n) is 9.48. The third-order valence-electron chi connectivity index (χ3n) is 5.26. The molecule has 2 aromatic rings. The third-order valence-corrected chi connectivity index (χ3v) is 10.3. The number of hydrogen-bond donors (Lipinski definition) is 1. The molecule has 0 unspecified atom stereocenters. The van der Waals surface area contributed by atoms with Crippen molar-refractivity contribution >= 4 is 24.6 Å². The molecule has 144 valence electrons. The summed E-state index contributed by atoms with van der Waals surface area (Å²) in [7, 11) is -1.02. The summed E-state index contributed by atoms with van der Waals surface area (Å²) in [5.74, 6) is -0.0176. The lowest BCUT2D eigenvalue weighted by Gasteiger charge is -2.46. The Hall–Kier alpha value is -1.95. The molecule has 0 aromatic heterocycles. The Balaban J connectivity index is 2.11. The molecule has 0 spiro atoms. The van der Waals surface area contributed by atoms with Crippen LogP contribution in [0.25, 0.3) is 0 Å². The standard InChI is InChI=1S/C22H29NO3Si/c1-22(2,3)27(18-11-7-5-8-12-18,19-13-9-6-10-14-19)26-17-15-20(24)23-21(16-17)25-4/h5-14,17,21H,15-16H2,1-4H3,(H,23,24)/t17-,21+/m1/s1. The van der Waals surface area contributed by atoms with Gasteiger partial charge in [0.25, 0.3) is 8.32 Å². The topological polar surface area (TPSA) is 47.6 Å². The van der Waals surface area contributed by atoms with E-state index in [0.29, 0.717) is 12.8 Å². The highest BCUT2D eigenvalue weighted by atomic mass is 28.4. The lowest BCUT2D eigenvalue weighted by molar-refractivity contribution is -0.131. The Kier molecular flexibility index (Phi) is 5.84. The molecule has 1 N–H and O–H groups in total. The maximum absolute atomic E-state index is 12.2. The van der Waals surface area contributed by atoms with E-state index in [2.05, 4.69) is 74.6 Å². The molecule has 1 heterocycles. The number of benzene rings is 2. The molecule has 1 saturated heterocycles. The lowest BCUT2D eigenvalue weighted by Crippen LogP contribution is -2.68. The average Bonchev–Trinajstić information content (AvgIpc) is 2.66. The fraction of sp³-hybridized carbons (Fsp3) is 0.409. The van der Waals surface area contributed by atoms with E-state index in [9.17, 15) is 4.79 Å². The van der Waals surface area contributed by atoms with Gasteiger partial charge in [-0.25, -0.2) is 0 Å². The highest BCUT2D eigenvalue weighted by Crippen LogP contribution is 2.38. The molecule has 0 saturated carbocycles. The molecule has 0 radical (unpaired) electrons. The molecule has 1 fully saturated rings. The molecule has 27 heavy (non-hydrogen) atoms. The van der Waals surface area contributed by atoms with Crippen molar-refractivity contribution in [2.75, 3.05) is 7.11 Å². The molecule has 2 atom stereocenters. The van der Waals surface area contributed by atoms with E-state index in [1.165, 1.54) is 10.4 Å². The first-order chi connectivity index (χ1) is 12.9. The van der Waals surface area contributed by atoms with Crippen LogP contribution in [0.15, 0.2) is 60.7 Å². The fourth-order valence-corrected chi connectivity index (χ4v) is 8.71. The Morgan fingerprint density at radius 2 is 1.48 bits per heavy atom. The maximum atomic E-state index is 12.2. The summed E-state index contributed by atoms with van der Waals surface area (Å²) in [5.41, 5.74) is 0. The summed E-state index contributed by atoms with van der Waals surface area (Å²) in [6.07, 6.45) is 0.557.